The second-order valence-corrected chi connectivity index (χ2v) is 6.97. The number of rotatable bonds is 5. The summed E-state index contributed by atoms with van der Waals surface area (Å²) in [5.74, 6) is 1.19. The van der Waals surface area contributed by atoms with Crippen molar-refractivity contribution in [3.05, 3.63) is 39.1 Å². The molecule has 0 unspecified atom stereocenters. The normalized spacial score (nSPS) is 14.5. The van der Waals surface area contributed by atoms with Gasteiger partial charge in [-0.3, -0.25) is 0 Å². The van der Waals surface area contributed by atoms with Crippen molar-refractivity contribution in [1.29, 1.82) is 0 Å². The van der Waals surface area contributed by atoms with Crippen LogP contribution in [0.3, 0.4) is 0 Å². The van der Waals surface area contributed by atoms with E-state index in [1.54, 1.807) is 0 Å². The molecule has 1 aliphatic rings. The van der Waals surface area contributed by atoms with E-state index in [-0.39, 0.29) is 0 Å². The van der Waals surface area contributed by atoms with Gasteiger partial charge >= 0.3 is 0 Å². The Morgan fingerprint density at radius 3 is 2.90 bits per heavy atom. The van der Waals surface area contributed by atoms with E-state index in [1.165, 1.54) is 52.6 Å². The van der Waals surface area contributed by atoms with Gasteiger partial charge in [0.2, 0.25) is 0 Å². The molecule has 2 heterocycles. The van der Waals surface area contributed by atoms with Gasteiger partial charge in [-0.05, 0) is 51.7 Å². The van der Waals surface area contributed by atoms with Gasteiger partial charge in [-0.1, -0.05) is 0 Å². The second-order valence-electron chi connectivity index (χ2n) is 5.60. The summed E-state index contributed by atoms with van der Waals surface area (Å²) in [6.45, 7) is 7.34. The lowest BCUT2D eigenvalue weighted by atomic mass is 10.0. The van der Waals surface area contributed by atoms with Crippen molar-refractivity contribution in [3.8, 4) is 0 Å². The first kappa shape index (κ1) is 13.8. The van der Waals surface area contributed by atoms with Crippen LogP contribution in [0.15, 0.2) is 12.1 Å². The van der Waals surface area contributed by atoms with Crippen LogP contribution in [0.1, 0.15) is 39.8 Å². The van der Waals surface area contributed by atoms with Gasteiger partial charge in [0.15, 0.2) is 0 Å². The largest absolute Gasteiger partial charge is 0.331 e. The van der Waals surface area contributed by atoms with Crippen molar-refractivity contribution >= 4 is 11.3 Å². The number of aromatic nitrogens is 2. The Morgan fingerprint density at radius 1 is 1.25 bits per heavy atom. The molecule has 2 aromatic heterocycles. The molecule has 0 amide bonds. The highest BCUT2D eigenvalue weighted by Gasteiger charge is 2.17. The summed E-state index contributed by atoms with van der Waals surface area (Å²) in [6.07, 6.45) is 5.00. The maximum atomic E-state index is 4.73. The van der Waals surface area contributed by atoms with Gasteiger partial charge in [0, 0.05) is 35.1 Å². The van der Waals surface area contributed by atoms with Crippen LogP contribution in [0.5, 0.6) is 0 Å². The van der Waals surface area contributed by atoms with Gasteiger partial charge in [-0.15, -0.1) is 11.3 Å². The molecule has 0 fully saturated rings. The molecule has 1 aliphatic carbocycles. The lowest BCUT2D eigenvalue weighted by Gasteiger charge is -2.15. The first-order chi connectivity index (χ1) is 9.74. The third-order valence-corrected chi connectivity index (χ3v) is 5.03. The summed E-state index contributed by atoms with van der Waals surface area (Å²) in [5, 5.41) is 3.55. The standard InChI is InChI=1S/C16H23N3S/c1-12-7-8-14(20-12)11-17-9-10-19-13(2)18-15-5-3-4-6-16(15)19/h7-8,17H,3-6,9-11H2,1-2H3. The fraction of sp³-hybridized carbons (Fsp3) is 0.562. The van der Waals surface area contributed by atoms with E-state index < -0.39 is 0 Å². The van der Waals surface area contributed by atoms with Crippen molar-refractivity contribution in [2.24, 2.45) is 0 Å². The first-order valence-electron chi connectivity index (χ1n) is 7.55. The predicted molar refractivity (Wildman–Crippen MR) is 84.4 cm³/mol. The van der Waals surface area contributed by atoms with Crippen LogP contribution in [-0.4, -0.2) is 16.1 Å². The molecular weight excluding hydrogens is 266 g/mol. The average Bonchev–Trinajstić information content (AvgIpc) is 2.98. The van der Waals surface area contributed by atoms with Crippen molar-refractivity contribution in [2.45, 2.75) is 52.6 Å². The van der Waals surface area contributed by atoms with Crippen molar-refractivity contribution < 1.29 is 0 Å². The fourth-order valence-electron chi connectivity index (χ4n) is 3.01. The van der Waals surface area contributed by atoms with E-state index >= 15 is 0 Å². The maximum absolute atomic E-state index is 4.73. The summed E-state index contributed by atoms with van der Waals surface area (Å²) in [7, 11) is 0. The lowest BCUT2D eigenvalue weighted by molar-refractivity contribution is 0.556. The Kier molecular flexibility index (Phi) is 4.22. The van der Waals surface area contributed by atoms with E-state index in [1.807, 2.05) is 11.3 Å². The van der Waals surface area contributed by atoms with E-state index in [9.17, 15) is 0 Å². The van der Waals surface area contributed by atoms with E-state index in [2.05, 4.69) is 35.9 Å². The summed E-state index contributed by atoms with van der Waals surface area (Å²) in [4.78, 5) is 7.54. The summed E-state index contributed by atoms with van der Waals surface area (Å²) >= 11 is 1.88. The number of fused-ring (bicyclic) bond motifs is 1. The van der Waals surface area contributed by atoms with Gasteiger partial charge < -0.3 is 9.88 Å². The zero-order valence-electron chi connectivity index (χ0n) is 12.4. The number of nitrogens with zero attached hydrogens (tertiary/aromatic N) is 2. The van der Waals surface area contributed by atoms with Gasteiger partial charge in [-0.25, -0.2) is 4.98 Å². The monoisotopic (exact) mass is 289 g/mol. The zero-order valence-corrected chi connectivity index (χ0v) is 13.2. The summed E-state index contributed by atoms with van der Waals surface area (Å²) in [5.41, 5.74) is 2.84. The van der Waals surface area contributed by atoms with Crippen LogP contribution in [0.4, 0.5) is 0 Å². The minimum absolute atomic E-state index is 0.981. The van der Waals surface area contributed by atoms with Gasteiger partial charge in [-0.2, -0.15) is 0 Å². The third kappa shape index (κ3) is 2.96. The molecule has 2 aromatic rings. The van der Waals surface area contributed by atoms with Crippen LogP contribution in [0, 0.1) is 13.8 Å². The highest BCUT2D eigenvalue weighted by Crippen LogP contribution is 2.21. The number of aryl methyl sites for hydroxylation is 3. The Hall–Kier alpha value is -1.13. The molecule has 0 radical (unpaired) electrons. The van der Waals surface area contributed by atoms with Crippen molar-refractivity contribution in [3.63, 3.8) is 0 Å². The molecule has 20 heavy (non-hydrogen) atoms. The zero-order chi connectivity index (χ0) is 13.9. The van der Waals surface area contributed by atoms with Crippen molar-refractivity contribution in [2.75, 3.05) is 6.54 Å². The average molecular weight is 289 g/mol. The van der Waals surface area contributed by atoms with Crippen LogP contribution in [-0.2, 0) is 25.9 Å². The van der Waals surface area contributed by atoms with E-state index in [0.717, 1.165) is 19.6 Å². The number of nitrogens with one attached hydrogen (secondary N) is 1. The molecular formula is C16H23N3S. The van der Waals surface area contributed by atoms with E-state index in [4.69, 9.17) is 4.98 Å². The molecule has 0 saturated heterocycles. The highest BCUT2D eigenvalue weighted by molar-refractivity contribution is 7.11. The topological polar surface area (TPSA) is 29.9 Å². The number of thiophene rings is 1. The first-order valence-corrected chi connectivity index (χ1v) is 8.36. The molecule has 108 valence electrons. The molecule has 0 bridgehead atoms. The van der Waals surface area contributed by atoms with Crippen LogP contribution >= 0.6 is 11.3 Å². The lowest BCUT2D eigenvalue weighted by Crippen LogP contribution is -2.21. The predicted octanol–water partition coefficient (Wildman–Crippen LogP) is 3.23. The third-order valence-electron chi connectivity index (χ3n) is 4.03. The van der Waals surface area contributed by atoms with Crippen molar-refractivity contribution in [1.82, 2.24) is 14.9 Å². The minimum atomic E-state index is 0.981. The van der Waals surface area contributed by atoms with Gasteiger partial charge in [0.1, 0.15) is 5.82 Å². The number of imidazole rings is 1. The molecule has 1 N–H and O–H groups in total. The highest BCUT2D eigenvalue weighted by atomic mass is 32.1. The van der Waals surface area contributed by atoms with Gasteiger partial charge in [0.25, 0.3) is 0 Å². The fourth-order valence-corrected chi connectivity index (χ4v) is 3.87. The summed E-state index contributed by atoms with van der Waals surface area (Å²) in [6, 6.07) is 4.41. The van der Waals surface area contributed by atoms with Crippen LogP contribution in [0.2, 0.25) is 0 Å². The number of hydrogen-bond acceptors (Lipinski definition) is 3. The smallest absolute Gasteiger partial charge is 0.106 e. The number of hydrogen-bond donors (Lipinski definition) is 1. The Morgan fingerprint density at radius 2 is 2.10 bits per heavy atom. The van der Waals surface area contributed by atoms with Crippen LogP contribution in [0.25, 0.3) is 0 Å². The Labute approximate surface area is 125 Å². The molecule has 0 aromatic carbocycles. The molecule has 0 aliphatic heterocycles. The van der Waals surface area contributed by atoms with E-state index in [0.29, 0.717) is 0 Å². The molecule has 0 atom stereocenters. The Bertz CT molecular complexity index is 583. The molecule has 3 rings (SSSR count). The summed E-state index contributed by atoms with van der Waals surface area (Å²) < 4.78 is 2.42. The van der Waals surface area contributed by atoms with Crippen LogP contribution < -0.4 is 5.32 Å². The molecule has 4 heteroatoms. The molecule has 0 spiro atoms. The van der Waals surface area contributed by atoms with Gasteiger partial charge in [0.05, 0.1) is 5.69 Å². The SMILES string of the molecule is Cc1ccc(CNCCn2c(C)nc3c2CCCC3)s1. The maximum Gasteiger partial charge on any atom is 0.106 e. The molecule has 3 nitrogen and oxygen atoms in total. The minimum Gasteiger partial charge on any atom is -0.331 e. The quantitative estimate of drug-likeness (QED) is 0.857. The second kappa shape index (κ2) is 6.10. The molecule has 0 saturated carbocycles. The Balaban J connectivity index is 1.55.